The second-order valence-electron chi connectivity index (χ2n) is 7.16. The Kier molecular flexibility index (Phi) is 6.89. The van der Waals surface area contributed by atoms with Gasteiger partial charge in [0.05, 0.1) is 10.5 Å². The van der Waals surface area contributed by atoms with Gasteiger partial charge in [0.2, 0.25) is 5.75 Å². The summed E-state index contributed by atoms with van der Waals surface area (Å²) in [5, 5.41) is 11.4. The summed E-state index contributed by atoms with van der Waals surface area (Å²) in [6, 6.07) is 9.99. The van der Waals surface area contributed by atoms with Crippen molar-refractivity contribution in [1.82, 2.24) is 4.90 Å². The van der Waals surface area contributed by atoms with Crippen LogP contribution >= 0.6 is 11.6 Å². The monoisotopic (exact) mass is 432 g/mol. The van der Waals surface area contributed by atoms with Gasteiger partial charge in [0, 0.05) is 24.2 Å². The van der Waals surface area contributed by atoms with Crippen LogP contribution in [-0.2, 0) is 9.53 Å². The number of hydrogen-bond donors (Lipinski definition) is 0. The number of esters is 1. The van der Waals surface area contributed by atoms with Crippen LogP contribution in [0, 0.1) is 16.0 Å². The van der Waals surface area contributed by atoms with E-state index in [0.29, 0.717) is 24.8 Å². The van der Waals surface area contributed by atoms with Crippen LogP contribution in [0.1, 0.15) is 30.1 Å². The molecule has 1 heterocycles. The Morgan fingerprint density at radius 2 is 1.97 bits per heavy atom. The molecule has 158 valence electrons. The third-order valence-electron chi connectivity index (χ3n) is 4.77. The molecule has 0 spiro atoms. The first-order valence-corrected chi connectivity index (χ1v) is 9.88. The third-order valence-corrected chi connectivity index (χ3v) is 5.01. The molecule has 8 nitrogen and oxygen atoms in total. The summed E-state index contributed by atoms with van der Waals surface area (Å²) >= 11 is 5.79. The van der Waals surface area contributed by atoms with E-state index < -0.39 is 10.9 Å². The molecule has 1 unspecified atom stereocenters. The van der Waals surface area contributed by atoms with Gasteiger partial charge in [-0.25, -0.2) is 4.79 Å². The molecule has 1 aliphatic rings. The van der Waals surface area contributed by atoms with Crippen LogP contribution in [-0.4, -0.2) is 41.4 Å². The maximum atomic E-state index is 12.2. The number of hydrogen-bond acceptors (Lipinski definition) is 6. The molecule has 0 bridgehead atoms. The Bertz CT molecular complexity index is 947. The lowest BCUT2D eigenvalue weighted by molar-refractivity contribution is -0.385. The lowest BCUT2D eigenvalue weighted by Crippen LogP contribution is -2.41. The van der Waals surface area contributed by atoms with Gasteiger partial charge in [0.15, 0.2) is 6.61 Å². The highest BCUT2D eigenvalue weighted by Crippen LogP contribution is 2.33. The summed E-state index contributed by atoms with van der Waals surface area (Å²) in [4.78, 5) is 36.7. The minimum Gasteiger partial charge on any atom is -0.452 e. The van der Waals surface area contributed by atoms with Gasteiger partial charge in [0.1, 0.15) is 5.75 Å². The van der Waals surface area contributed by atoms with Crippen molar-refractivity contribution in [2.24, 2.45) is 5.92 Å². The van der Waals surface area contributed by atoms with Crippen LogP contribution in [0.15, 0.2) is 42.5 Å². The topological polar surface area (TPSA) is 99.0 Å². The van der Waals surface area contributed by atoms with Gasteiger partial charge in [-0.3, -0.25) is 14.9 Å². The van der Waals surface area contributed by atoms with Crippen molar-refractivity contribution in [3.8, 4) is 11.5 Å². The molecule has 1 fully saturated rings. The number of carbonyl (C=O) groups excluding carboxylic acids is 2. The van der Waals surface area contributed by atoms with E-state index in [1.165, 1.54) is 42.5 Å². The van der Waals surface area contributed by atoms with Crippen molar-refractivity contribution in [1.29, 1.82) is 0 Å². The van der Waals surface area contributed by atoms with Gasteiger partial charge >= 0.3 is 11.7 Å². The highest BCUT2D eigenvalue weighted by molar-refractivity contribution is 6.30. The number of benzene rings is 2. The van der Waals surface area contributed by atoms with Crippen molar-refractivity contribution in [2.75, 3.05) is 19.7 Å². The van der Waals surface area contributed by atoms with Crippen molar-refractivity contribution < 1.29 is 24.0 Å². The minimum atomic E-state index is -0.627. The number of nitrogens with zero attached hydrogens (tertiary/aromatic N) is 2. The van der Waals surface area contributed by atoms with E-state index >= 15 is 0 Å². The first-order chi connectivity index (χ1) is 14.3. The predicted molar refractivity (Wildman–Crippen MR) is 110 cm³/mol. The van der Waals surface area contributed by atoms with Gasteiger partial charge in [-0.2, -0.15) is 0 Å². The van der Waals surface area contributed by atoms with E-state index in [-0.39, 0.29) is 34.5 Å². The Balaban J connectivity index is 1.58. The van der Waals surface area contributed by atoms with Crippen molar-refractivity contribution in [2.45, 2.75) is 19.8 Å². The highest BCUT2D eigenvalue weighted by Gasteiger charge is 2.22. The van der Waals surface area contributed by atoms with Crippen LogP contribution in [0.25, 0.3) is 0 Å². The van der Waals surface area contributed by atoms with Crippen molar-refractivity contribution >= 4 is 29.2 Å². The largest absolute Gasteiger partial charge is 0.452 e. The van der Waals surface area contributed by atoms with Gasteiger partial charge < -0.3 is 14.4 Å². The molecule has 2 aromatic rings. The number of amides is 1. The molecule has 1 aliphatic heterocycles. The third kappa shape index (κ3) is 5.48. The van der Waals surface area contributed by atoms with Crippen LogP contribution in [0.5, 0.6) is 11.5 Å². The first kappa shape index (κ1) is 21.6. The average molecular weight is 433 g/mol. The molecule has 1 atom stereocenters. The molecule has 0 aromatic heterocycles. The summed E-state index contributed by atoms with van der Waals surface area (Å²) in [7, 11) is 0. The zero-order valence-corrected chi connectivity index (χ0v) is 17.1. The summed E-state index contributed by atoms with van der Waals surface area (Å²) in [6.45, 7) is 3.15. The quantitative estimate of drug-likeness (QED) is 0.379. The summed E-state index contributed by atoms with van der Waals surface area (Å²) in [5.41, 5.74) is -0.0238. The zero-order valence-electron chi connectivity index (χ0n) is 16.4. The van der Waals surface area contributed by atoms with E-state index in [1.54, 1.807) is 4.90 Å². The fourth-order valence-corrected chi connectivity index (χ4v) is 3.39. The molecule has 3 rings (SSSR count). The fourth-order valence-electron chi connectivity index (χ4n) is 3.22. The standard InChI is InChI=1S/C21H21ClN2O6/c1-14-3-2-10-23(12-14)20(25)13-29-21(26)15-4-7-17(8-5-15)30-19-9-6-16(22)11-18(19)24(27)28/h4-9,11,14H,2-3,10,12-13H2,1H3. The SMILES string of the molecule is CC1CCCN(C(=O)COC(=O)c2ccc(Oc3ccc(Cl)cc3[N+](=O)[O-])cc2)C1. The smallest absolute Gasteiger partial charge is 0.338 e. The fraction of sp³-hybridized carbons (Fsp3) is 0.333. The number of piperidine rings is 1. The van der Waals surface area contributed by atoms with Crippen LogP contribution in [0.3, 0.4) is 0 Å². The molecule has 2 aromatic carbocycles. The molecule has 0 aliphatic carbocycles. The minimum absolute atomic E-state index is 0.0288. The second-order valence-corrected chi connectivity index (χ2v) is 7.60. The van der Waals surface area contributed by atoms with E-state index in [1.807, 2.05) is 0 Å². The molecular weight excluding hydrogens is 412 g/mol. The summed E-state index contributed by atoms with van der Waals surface area (Å²) in [6.07, 6.45) is 2.05. The normalized spacial score (nSPS) is 16.1. The maximum Gasteiger partial charge on any atom is 0.338 e. The molecule has 1 saturated heterocycles. The Morgan fingerprint density at radius 1 is 1.23 bits per heavy atom. The van der Waals surface area contributed by atoms with Crippen LogP contribution in [0.4, 0.5) is 5.69 Å². The van der Waals surface area contributed by atoms with E-state index in [0.717, 1.165) is 12.8 Å². The number of ether oxygens (including phenoxy) is 2. The second kappa shape index (κ2) is 9.58. The van der Waals surface area contributed by atoms with Crippen LogP contribution < -0.4 is 4.74 Å². The molecule has 1 amide bonds. The lowest BCUT2D eigenvalue weighted by atomic mass is 10.0. The average Bonchev–Trinajstić information content (AvgIpc) is 2.73. The number of nitro groups is 1. The van der Waals surface area contributed by atoms with Gasteiger partial charge in [-0.1, -0.05) is 18.5 Å². The zero-order chi connectivity index (χ0) is 21.7. The summed E-state index contributed by atoms with van der Waals surface area (Å²) < 4.78 is 10.7. The van der Waals surface area contributed by atoms with E-state index in [9.17, 15) is 19.7 Å². The number of nitro benzene ring substituents is 1. The van der Waals surface area contributed by atoms with Gasteiger partial charge in [0.25, 0.3) is 5.91 Å². The Morgan fingerprint density at radius 3 is 2.63 bits per heavy atom. The van der Waals surface area contributed by atoms with Gasteiger partial charge in [-0.05, 0) is 55.2 Å². The molecule has 30 heavy (non-hydrogen) atoms. The molecule has 9 heteroatoms. The van der Waals surface area contributed by atoms with Gasteiger partial charge in [-0.15, -0.1) is 0 Å². The molecule has 0 radical (unpaired) electrons. The van der Waals surface area contributed by atoms with Crippen molar-refractivity contribution in [3.05, 3.63) is 63.2 Å². The van der Waals surface area contributed by atoms with Crippen molar-refractivity contribution in [3.63, 3.8) is 0 Å². The Labute approximate surface area is 178 Å². The van der Waals surface area contributed by atoms with E-state index in [4.69, 9.17) is 21.1 Å². The van der Waals surface area contributed by atoms with E-state index in [2.05, 4.69) is 6.92 Å². The number of likely N-dealkylation sites (tertiary alicyclic amines) is 1. The molecule has 0 saturated carbocycles. The number of halogens is 1. The van der Waals surface area contributed by atoms with Crippen LogP contribution in [0.2, 0.25) is 5.02 Å². The Hall–Kier alpha value is -3.13. The predicted octanol–water partition coefficient (Wildman–Crippen LogP) is 4.46. The molecular formula is C21H21ClN2O6. The molecule has 0 N–H and O–H groups in total. The maximum absolute atomic E-state index is 12.2. The number of carbonyl (C=O) groups is 2. The lowest BCUT2D eigenvalue weighted by Gasteiger charge is -2.30. The highest BCUT2D eigenvalue weighted by atomic mass is 35.5. The summed E-state index contributed by atoms with van der Waals surface area (Å²) in [5.74, 6) is -0.0545. The first-order valence-electron chi connectivity index (χ1n) is 9.50. The number of rotatable bonds is 6.